The monoisotopic (exact) mass is 390 g/mol. The van der Waals surface area contributed by atoms with Crippen molar-refractivity contribution in [2.45, 2.75) is 0 Å². The third-order valence-electron chi connectivity index (χ3n) is 3.64. The maximum atomic E-state index is 12.3. The van der Waals surface area contributed by atoms with Gasteiger partial charge in [0.15, 0.2) is 18.1 Å². The van der Waals surface area contributed by atoms with Crippen molar-refractivity contribution in [2.24, 2.45) is 0 Å². The number of hydrogen-bond donors (Lipinski definition) is 0. The number of esters is 1. The number of halogens is 1. The number of benzene rings is 2. The lowest BCUT2D eigenvalue weighted by molar-refractivity contribution is -0.136. The lowest BCUT2D eigenvalue weighted by atomic mass is 10.1. The van der Waals surface area contributed by atoms with Crippen LogP contribution in [0.2, 0.25) is 5.02 Å². The highest BCUT2D eigenvalue weighted by Gasteiger charge is 2.17. The molecule has 0 radical (unpaired) electrons. The Morgan fingerprint density at radius 1 is 1.00 bits per heavy atom. The van der Waals surface area contributed by atoms with Gasteiger partial charge in [0, 0.05) is 16.7 Å². The predicted molar refractivity (Wildman–Crippen MR) is 102 cm³/mol. The van der Waals surface area contributed by atoms with Crippen LogP contribution in [0.15, 0.2) is 42.5 Å². The van der Waals surface area contributed by atoms with Gasteiger partial charge in [-0.05, 0) is 29.8 Å². The van der Waals surface area contributed by atoms with Gasteiger partial charge in [0.2, 0.25) is 11.5 Å². The molecule has 2 aromatic carbocycles. The Balaban J connectivity index is 2.05. The molecule has 27 heavy (non-hydrogen) atoms. The molecular weight excluding hydrogens is 372 g/mol. The third kappa shape index (κ3) is 5.24. The Morgan fingerprint density at radius 3 is 2.19 bits per heavy atom. The molecule has 0 saturated carbocycles. The summed E-state index contributed by atoms with van der Waals surface area (Å²) in [5, 5.41) is 0.509. The van der Waals surface area contributed by atoms with Crippen LogP contribution in [-0.2, 0) is 9.53 Å². The highest BCUT2D eigenvalue weighted by atomic mass is 35.5. The van der Waals surface area contributed by atoms with E-state index in [1.165, 1.54) is 45.6 Å². The molecule has 0 spiro atoms. The van der Waals surface area contributed by atoms with Crippen LogP contribution < -0.4 is 14.2 Å². The first kappa shape index (κ1) is 20.3. The molecule has 0 unspecified atom stereocenters. The van der Waals surface area contributed by atoms with Crippen molar-refractivity contribution in [3.63, 3.8) is 0 Å². The number of rotatable bonds is 8. The van der Waals surface area contributed by atoms with Crippen LogP contribution in [0.5, 0.6) is 17.2 Å². The van der Waals surface area contributed by atoms with Crippen molar-refractivity contribution in [3.8, 4) is 17.2 Å². The van der Waals surface area contributed by atoms with Gasteiger partial charge in [-0.15, -0.1) is 0 Å². The number of methoxy groups -OCH3 is 3. The first-order chi connectivity index (χ1) is 13.0. The Morgan fingerprint density at radius 2 is 1.63 bits per heavy atom. The van der Waals surface area contributed by atoms with Crippen molar-refractivity contribution in [3.05, 3.63) is 58.6 Å². The summed E-state index contributed by atoms with van der Waals surface area (Å²) in [6.45, 7) is -0.426. The number of carbonyl (C=O) groups is 2. The summed E-state index contributed by atoms with van der Waals surface area (Å²) in [7, 11) is 4.37. The maximum Gasteiger partial charge on any atom is 0.331 e. The SMILES string of the molecule is COc1cc(C(=O)COC(=O)C=Cc2ccccc2Cl)cc(OC)c1OC. The molecule has 0 N–H and O–H groups in total. The first-order valence-electron chi connectivity index (χ1n) is 7.92. The van der Waals surface area contributed by atoms with Crippen LogP contribution in [0.25, 0.3) is 6.08 Å². The molecule has 0 bridgehead atoms. The number of ether oxygens (including phenoxy) is 4. The van der Waals surface area contributed by atoms with E-state index in [2.05, 4.69) is 0 Å². The van der Waals surface area contributed by atoms with E-state index in [1.54, 1.807) is 24.3 Å². The van der Waals surface area contributed by atoms with E-state index >= 15 is 0 Å². The zero-order chi connectivity index (χ0) is 19.8. The van der Waals surface area contributed by atoms with Gasteiger partial charge < -0.3 is 18.9 Å². The molecule has 0 heterocycles. The average Bonchev–Trinajstić information content (AvgIpc) is 2.70. The normalized spacial score (nSPS) is 10.5. The Kier molecular flexibility index (Phi) is 7.25. The minimum absolute atomic E-state index is 0.271. The second-order valence-electron chi connectivity index (χ2n) is 5.30. The quantitative estimate of drug-likeness (QED) is 0.388. The summed E-state index contributed by atoms with van der Waals surface area (Å²) in [4.78, 5) is 24.2. The van der Waals surface area contributed by atoms with Crippen molar-refractivity contribution >= 4 is 29.4 Å². The van der Waals surface area contributed by atoms with Crippen LogP contribution in [-0.4, -0.2) is 39.7 Å². The lowest BCUT2D eigenvalue weighted by Crippen LogP contribution is -2.13. The molecule has 0 aliphatic rings. The molecule has 6 nitrogen and oxygen atoms in total. The highest BCUT2D eigenvalue weighted by Crippen LogP contribution is 2.38. The van der Waals surface area contributed by atoms with E-state index in [1.807, 2.05) is 0 Å². The van der Waals surface area contributed by atoms with Gasteiger partial charge >= 0.3 is 5.97 Å². The smallest absolute Gasteiger partial charge is 0.331 e. The van der Waals surface area contributed by atoms with Crippen LogP contribution in [0.3, 0.4) is 0 Å². The molecule has 2 aromatic rings. The fourth-order valence-electron chi connectivity index (χ4n) is 2.28. The molecule has 0 amide bonds. The molecule has 0 aromatic heterocycles. The van der Waals surface area contributed by atoms with E-state index in [0.717, 1.165) is 0 Å². The summed E-state index contributed by atoms with van der Waals surface area (Å²) in [6.07, 6.45) is 2.73. The number of hydrogen-bond acceptors (Lipinski definition) is 6. The van der Waals surface area contributed by atoms with Crippen molar-refractivity contribution in [1.82, 2.24) is 0 Å². The van der Waals surface area contributed by atoms with Crippen LogP contribution >= 0.6 is 11.6 Å². The second-order valence-corrected chi connectivity index (χ2v) is 5.71. The molecule has 142 valence electrons. The molecular formula is C20H19ClO6. The van der Waals surface area contributed by atoms with Gasteiger partial charge in [-0.2, -0.15) is 0 Å². The summed E-state index contributed by atoms with van der Waals surface area (Å²) in [5.41, 5.74) is 0.944. The van der Waals surface area contributed by atoms with Gasteiger partial charge in [0.25, 0.3) is 0 Å². The van der Waals surface area contributed by atoms with E-state index in [-0.39, 0.29) is 5.56 Å². The molecule has 7 heteroatoms. The molecule has 2 rings (SSSR count). The predicted octanol–water partition coefficient (Wildman–Crippen LogP) is 3.81. The third-order valence-corrected chi connectivity index (χ3v) is 3.98. The summed E-state index contributed by atoms with van der Waals surface area (Å²) in [6, 6.07) is 10.0. The Bertz CT molecular complexity index is 834. The van der Waals surface area contributed by atoms with E-state index in [0.29, 0.717) is 27.8 Å². The zero-order valence-corrected chi connectivity index (χ0v) is 15.9. The second kappa shape index (κ2) is 9.64. The summed E-state index contributed by atoms with van der Waals surface area (Å²) in [5.74, 6) is -0.0176. The summed E-state index contributed by atoms with van der Waals surface area (Å²) < 4.78 is 20.6. The minimum Gasteiger partial charge on any atom is -0.493 e. The van der Waals surface area contributed by atoms with Gasteiger partial charge in [0.05, 0.1) is 21.3 Å². The van der Waals surface area contributed by atoms with Crippen molar-refractivity contribution in [2.75, 3.05) is 27.9 Å². The average molecular weight is 391 g/mol. The topological polar surface area (TPSA) is 71.1 Å². The molecule has 0 atom stereocenters. The van der Waals surface area contributed by atoms with Crippen molar-refractivity contribution in [1.29, 1.82) is 0 Å². The summed E-state index contributed by atoms with van der Waals surface area (Å²) >= 11 is 6.01. The Hall–Kier alpha value is -2.99. The Labute approximate surface area is 162 Å². The minimum atomic E-state index is -0.657. The fraction of sp³-hybridized carbons (Fsp3) is 0.200. The lowest BCUT2D eigenvalue weighted by Gasteiger charge is -2.13. The van der Waals surface area contributed by atoms with Gasteiger partial charge in [-0.1, -0.05) is 29.8 Å². The number of Topliss-reactive ketones (excluding diaryl/α,β-unsaturated/α-hetero) is 1. The van der Waals surface area contributed by atoms with E-state index in [9.17, 15) is 9.59 Å². The van der Waals surface area contributed by atoms with Crippen LogP contribution in [0.1, 0.15) is 15.9 Å². The van der Waals surface area contributed by atoms with E-state index in [4.69, 9.17) is 30.5 Å². The molecule has 0 aliphatic carbocycles. The van der Waals surface area contributed by atoms with E-state index < -0.39 is 18.4 Å². The maximum absolute atomic E-state index is 12.3. The molecule has 0 saturated heterocycles. The fourth-order valence-corrected chi connectivity index (χ4v) is 2.48. The zero-order valence-electron chi connectivity index (χ0n) is 15.2. The number of carbonyl (C=O) groups excluding carboxylic acids is 2. The standard InChI is InChI=1S/C20H19ClO6/c1-24-17-10-14(11-18(25-2)20(17)26-3)16(22)12-27-19(23)9-8-13-6-4-5-7-15(13)21/h4-11H,12H2,1-3H3. The first-order valence-corrected chi connectivity index (χ1v) is 8.30. The van der Waals surface area contributed by atoms with Gasteiger partial charge in [-0.25, -0.2) is 4.79 Å². The number of ketones is 1. The van der Waals surface area contributed by atoms with Crippen molar-refractivity contribution < 1.29 is 28.5 Å². The molecule has 0 fully saturated rings. The molecule has 0 aliphatic heterocycles. The highest BCUT2D eigenvalue weighted by molar-refractivity contribution is 6.32. The van der Waals surface area contributed by atoms with Gasteiger partial charge in [-0.3, -0.25) is 4.79 Å². The van der Waals surface area contributed by atoms with Gasteiger partial charge in [0.1, 0.15) is 0 Å². The largest absolute Gasteiger partial charge is 0.493 e. The van der Waals surface area contributed by atoms with Crippen LogP contribution in [0, 0.1) is 0 Å². The van der Waals surface area contributed by atoms with Crippen LogP contribution in [0.4, 0.5) is 0 Å².